The minimum atomic E-state index is -0.338. The Bertz CT molecular complexity index is 222. The standard InChI is InChI=1S/2C12H26S.C4H9.ClH.Sn/c2*1-2-3-4-5-6-7-8-9-10-11-12-13;1-3-4-2;;/h2*13H,2-12H2,1H3;1,3-4H2,2H3;1H;/q;;;;+3/p-3. The first-order valence-corrected chi connectivity index (χ1v) is 21.0. The van der Waals surface area contributed by atoms with Crippen LogP contribution in [0.3, 0.4) is 0 Å². The first-order chi connectivity index (χ1) is 15.7. The Labute approximate surface area is 230 Å². The van der Waals surface area contributed by atoms with E-state index in [9.17, 15) is 0 Å². The molecule has 194 valence electrons. The monoisotopic (exact) mass is 614 g/mol. The molecule has 0 aliphatic rings. The summed E-state index contributed by atoms with van der Waals surface area (Å²) in [5, 5.41) is 0. The molecular formula is C28H59ClS2Sn. The maximum absolute atomic E-state index is 5.55. The molecule has 0 N–H and O–H groups in total. The molecular weight excluding hydrogens is 555 g/mol. The normalized spacial score (nSPS) is 10.1. The average Bonchev–Trinajstić information content (AvgIpc) is 2.81. The van der Waals surface area contributed by atoms with Crippen LogP contribution in [0.25, 0.3) is 0 Å². The van der Waals surface area contributed by atoms with Crippen LogP contribution in [-0.2, 0) is 25.3 Å². The summed E-state index contributed by atoms with van der Waals surface area (Å²) in [5.74, 6) is 1.91. The van der Waals surface area contributed by atoms with Gasteiger partial charge in [0.25, 0.3) is 0 Å². The predicted octanol–water partition coefficient (Wildman–Crippen LogP) is 11.0. The molecule has 32 heavy (non-hydrogen) atoms. The van der Waals surface area contributed by atoms with Crippen molar-refractivity contribution in [3.63, 3.8) is 0 Å². The van der Waals surface area contributed by atoms with Gasteiger partial charge in [-0.15, -0.1) is 0 Å². The molecule has 0 aromatic rings. The number of rotatable bonds is 23. The van der Waals surface area contributed by atoms with Crippen LogP contribution in [-0.4, -0.2) is 31.5 Å². The summed E-state index contributed by atoms with van der Waals surface area (Å²) in [6.07, 6.45) is 30.7. The number of hydrogen-bond donors (Lipinski definition) is 0. The van der Waals surface area contributed by atoms with Crippen LogP contribution >= 0.6 is 8.92 Å². The fourth-order valence-corrected chi connectivity index (χ4v) is 6.12. The van der Waals surface area contributed by atoms with Crippen LogP contribution in [0, 0.1) is 0 Å². The third-order valence-electron chi connectivity index (χ3n) is 5.62. The number of hydrogen-bond acceptors (Lipinski definition) is 2. The molecule has 0 heterocycles. The Balaban J connectivity index is -0.000000422. The topological polar surface area (TPSA) is 0 Å². The SMILES string of the molecule is CCCCCCCCCCCC[S-].CCCCCCCCCCCC[S-].CCC[CH2][Sn+2][Cl]. The van der Waals surface area contributed by atoms with E-state index >= 15 is 0 Å². The summed E-state index contributed by atoms with van der Waals surface area (Å²) in [6.45, 7) is 6.75. The van der Waals surface area contributed by atoms with Gasteiger partial charge >= 0.3 is 53.1 Å². The van der Waals surface area contributed by atoms with Crippen molar-refractivity contribution in [3.8, 4) is 0 Å². The van der Waals surface area contributed by atoms with Crippen molar-refractivity contribution in [1.82, 2.24) is 0 Å². The van der Waals surface area contributed by atoms with Gasteiger partial charge in [0.05, 0.1) is 0 Å². The van der Waals surface area contributed by atoms with E-state index in [1.54, 1.807) is 0 Å². The zero-order chi connectivity index (χ0) is 24.4. The summed E-state index contributed by atoms with van der Waals surface area (Å²) in [4.78, 5) is 0. The molecule has 0 unspecified atom stereocenters. The van der Waals surface area contributed by atoms with Gasteiger partial charge in [-0.25, -0.2) is 0 Å². The molecule has 0 nitrogen and oxygen atoms in total. The van der Waals surface area contributed by atoms with E-state index in [4.69, 9.17) is 34.2 Å². The van der Waals surface area contributed by atoms with Crippen molar-refractivity contribution in [2.24, 2.45) is 0 Å². The quantitative estimate of drug-likeness (QED) is 0.0639. The molecule has 0 spiro atoms. The maximum atomic E-state index is 5.55. The second-order valence-electron chi connectivity index (χ2n) is 9.01. The van der Waals surface area contributed by atoms with Gasteiger partial charge in [0.15, 0.2) is 0 Å². The van der Waals surface area contributed by atoms with Crippen molar-refractivity contribution in [2.75, 3.05) is 11.5 Å². The Morgan fingerprint density at radius 3 is 0.844 bits per heavy atom. The zero-order valence-electron chi connectivity index (χ0n) is 22.4. The molecule has 0 aliphatic carbocycles. The van der Waals surface area contributed by atoms with Crippen molar-refractivity contribution in [2.45, 2.75) is 166 Å². The van der Waals surface area contributed by atoms with Crippen LogP contribution in [0.15, 0.2) is 0 Å². The first-order valence-electron chi connectivity index (χ1n) is 14.2. The van der Waals surface area contributed by atoms with Crippen molar-refractivity contribution < 1.29 is 0 Å². The van der Waals surface area contributed by atoms with E-state index < -0.39 is 0 Å². The van der Waals surface area contributed by atoms with E-state index in [0.717, 1.165) is 11.5 Å². The minimum absolute atomic E-state index is 0.338. The molecule has 0 radical (unpaired) electrons. The third-order valence-corrected chi connectivity index (χ3v) is 9.01. The van der Waals surface area contributed by atoms with Gasteiger partial charge in [-0.2, -0.15) is 11.5 Å². The number of halogens is 1. The van der Waals surface area contributed by atoms with Gasteiger partial charge in [-0.1, -0.05) is 142 Å². The van der Waals surface area contributed by atoms with Crippen molar-refractivity contribution in [1.29, 1.82) is 0 Å². The molecule has 0 amide bonds. The summed E-state index contributed by atoms with van der Waals surface area (Å²) in [5.41, 5.74) is 0. The Morgan fingerprint density at radius 1 is 0.406 bits per heavy atom. The van der Waals surface area contributed by atoms with E-state index in [0.29, 0.717) is 0 Å². The fraction of sp³-hybridized carbons (Fsp3) is 1.00. The molecule has 0 aromatic heterocycles. The first kappa shape index (κ1) is 38.3. The van der Waals surface area contributed by atoms with Crippen LogP contribution in [0.4, 0.5) is 0 Å². The van der Waals surface area contributed by atoms with Crippen LogP contribution in [0.2, 0.25) is 4.44 Å². The molecule has 0 aromatic carbocycles. The average molecular weight is 614 g/mol. The summed E-state index contributed by atoms with van der Waals surface area (Å²) < 4.78 is 1.35. The summed E-state index contributed by atoms with van der Waals surface area (Å²) in [7, 11) is 5.55. The van der Waals surface area contributed by atoms with Gasteiger partial charge in [0.1, 0.15) is 0 Å². The van der Waals surface area contributed by atoms with E-state index in [1.165, 1.54) is 146 Å². The Morgan fingerprint density at radius 2 is 0.656 bits per heavy atom. The van der Waals surface area contributed by atoms with Gasteiger partial charge in [0, 0.05) is 0 Å². The molecule has 0 bridgehead atoms. The molecule has 0 atom stereocenters. The van der Waals surface area contributed by atoms with Gasteiger partial charge in [-0.05, 0) is 0 Å². The molecule has 4 heteroatoms. The van der Waals surface area contributed by atoms with Crippen molar-refractivity contribution >= 4 is 54.2 Å². The predicted molar refractivity (Wildman–Crippen MR) is 159 cm³/mol. The molecule has 0 fully saturated rings. The molecule has 0 aliphatic heterocycles. The van der Waals surface area contributed by atoms with Crippen LogP contribution in [0.5, 0.6) is 0 Å². The second-order valence-corrected chi connectivity index (χ2v) is 13.8. The molecule has 0 saturated heterocycles. The summed E-state index contributed by atoms with van der Waals surface area (Å²) >= 11 is 9.46. The molecule has 0 rings (SSSR count). The fourth-order valence-electron chi connectivity index (χ4n) is 3.42. The van der Waals surface area contributed by atoms with Gasteiger partial charge < -0.3 is 25.3 Å². The van der Waals surface area contributed by atoms with Gasteiger partial charge in [-0.3, -0.25) is 0 Å². The zero-order valence-corrected chi connectivity index (χ0v) is 27.6. The third kappa shape index (κ3) is 49.0. The second kappa shape index (κ2) is 42.9. The number of unbranched alkanes of at least 4 members (excludes halogenated alkanes) is 19. The van der Waals surface area contributed by atoms with Gasteiger partial charge in [0.2, 0.25) is 0 Å². The Kier molecular flexibility index (Phi) is 51.4. The molecule has 0 saturated carbocycles. The summed E-state index contributed by atoms with van der Waals surface area (Å²) in [6, 6.07) is 0. The van der Waals surface area contributed by atoms with E-state index in [-0.39, 0.29) is 20.0 Å². The van der Waals surface area contributed by atoms with E-state index in [2.05, 4.69) is 20.8 Å². The van der Waals surface area contributed by atoms with Crippen LogP contribution < -0.4 is 0 Å². The van der Waals surface area contributed by atoms with Crippen LogP contribution in [0.1, 0.15) is 162 Å². The van der Waals surface area contributed by atoms with Crippen molar-refractivity contribution in [3.05, 3.63) is 0 Å². The van der Waals surface area contributed by atoms with E-state index in [1.807, 2.05) is 0 Å². The Hall–Kier alpha value is 1.79.